The average molecular weight is 248 g/mol. The highest BCUT2D eigenvalue weighted by atomic mass is 16.5. The molecular weight excluding hydrogens is 228 g/mol. The molecule has 0 unspecified atom stereocenters. The summed E-state index contributed by atoms with van der Waals surface area (Å²) >= 11 is 0. The Hall–Kier alpha value is -1.81. The summed E-state index contributed by atoms with van der Waals surface area (Å²) in [5.74, 6) is 0.839. The predicted octanol–water partition coefficient (Wildman–Crippen LogP) is 1.48. The van der Waals surface area contributed by atoms with Gasteiger partial charge in [0.25, 0.3) is 0 Å². The molecule has 4 heteroatoms. The third kappa shape index (κ3) is 5.50. The lowest BCUT2D eigenvalue weighted by Gasteiger charge is -2.07. The molecule has 0 radical (unpaired) electrons. The average Bonchev–Trinajstić information content (AvgIpc) is 2.38. The maximum absolute atomic E-state index is 11.2. The van der Waals surface area contributed by atoms with Crippen molar-refractivity contribution in [2.45, 2.75) is 13.5 Å². The van der Waals surface area contributed by atoms with E-state index in [9.17, 15) is 4.79 Å². The van der Waals surface area contributed by atoms with Crippen molar-refractivity contribution in [1.29, 1.82) is 0 Å². The highest BCUT2D eigenvalue weighted by Crippen LogP contribution is 2.11. The van der Waals surface area contributed by atoms with E-state index in [0.717, 1.165) is 11.3 Å². The zero-order chi connectivity index (χ0) is 13.2. The second-order valence-corrected chi connectivity index (χ2v) is 3.80. The molecule has 18 heavy (non-hydrogen) atoms. The van der Waals surface area contributed by atoms with Crippen molar-refractivity contribution in [3.05, 3.63) is 42.5 Å². The lowest BCUT2D eigenvalue weighted by atomic mass is 10.2. The Morgan fingerprint density at radius 1 is 1.39 bits per heavy atom. The minimum absolute atomic E-state index is 0.0171. The van der Waals surface area contributed by atoms with Gasteiger partial charge in [-0.05, 0) is 24.6 Å². The van der Waals surface area contributed by atoms with E-state index >= 15 is 0 Å². The molecule has 0 spiro atoms. The molecule has 0 fully saturated rings. The fraction of sp³-hybridized carbons (Fsp3) is 0.357. The SMILES string of the molecule is C=CCOc1ccc(CNCC(=O)NCC)cc1. The van der Waals surface area contributed by atoms with E-state index in [1.807, 2.05) is 31.2 Å². The zero-order valence-corrected chi connectivity index (χ0v) is 10.7. The quantitative estimate of drug-likeness (QED) is 0.685. The summed E-state index contributed by atoms with van der Waals surface area (Å²) in [7, 11) is 0. The molecule has 98 valence electrons. The van der Waals surface area contributed by atoms with Crippen molar-refractivity contribution in [3.63, 3.8) is 0 Å². The lowest BCUT2D eigenvalue weighted by Crippen LogP contribution is -2.33. The number of hydrogen-bond acceptors (Lipinski definition) is 3. The molecule has 1 aromatic carbocycles. The number of ether oxygens (including phenoxy) is 1. The Labute approximate surface area is 108 Å². The predicted molar refractivity (Wildman–Crippen MR) is 72.5 cm³/mol. The normalized spacial score (nSPS) is 9.83. The van der Waals surface area contributed by atoms with Crippen LogP contribution in [0.3, 0.4) is 0 Å². The minimum atomic E-state index is 0.0171. The third-order valence-electron chi connectivity index (χ3n) is 2.28. The maximum Gasteiger partial charge on any atom is 0.233 e. The molecule has 0 saturated carbocycles. The first-order valence-corrected chi connectivity index (χ1v) is 6.06. The molecule has 1 rings (SSSR count). The van der Waals surface area contributed by atoms with E-state index in [1.54, 1.807) is 6.08 Å². The Morgan fingerprint density at radius 2 is 2.11 bits per heavy atom. The Kier molecular flexibility index (Phi) is 6.58. The van der Waals surface area contributed by atoms with Crippen molar-refractivity contribution < 1.29 is 9.53 Å². The van der Waals surface area contributed by atoms with Crippen molar-refractivity contribution >= 4 is 5.91 Å². The smallest absolute Gasteiger partial charge is 0.233 e. The van der Waals surface area contributed by atoms with Crippen LogP contribution in [0.2, 0.25) is 0 Å². The van der Waals surface area contributed by atoms with Crippen molar-refractivity contribution in [2.75, 3.05) is 19.7 Å². The van der Waals surface area contributed by atoms with Gasteiger partial charge >= 0.3 is 0 Å². The molecule has 0 aliphatic rings. The van der Waals surface area contributed by atoms with Crippen LogP contribution < -0.4 is 15.4 Å². The highest BCUT2D eigenvalue weighted by molar-refractivity contribution is 5.77. The van der Waals surface area contributed by atoms with Gasteiger partial charge in [0.1, 0.15) is 12.4 Å². The van der Waals surface area contributed by atoms with Crippen molar-refractivity contribution in [2.24, 2.45) is 0 Å². The summed E-state index contributed by atoms with van der Waals surface area (Å²) in [6.45, 7) is 7.67. The molecule has 0 heterocycles. The van der Waals surface area contributed by atoms with Crippen molar-refractivity contribution in [1.82, 2.24) is 10.6 Å². The number of hydrogen-bond donors (Lipinski definition) is 2. The van der Waals surface area contributed by atoms with Crippen LogP contribution in [0.25, 0.3) is 0 Å². The Morgan fingerprint density at radius 3 is 2.72 bits per heavy atom. The highest BCUT2D eigenvalue weighted by Gasteiger charge is 1.99. The van der Waals surface area contributed by atoms with Crippen LogP contribution in [-0.4, -0.2) is 25.6 Å². The molecule has 0 atom stereocenters. The van der Waals surface area contributed by atoms with Gasteiger partial charge in [0.15, 0.2) is 0 Å². The summed E-state index contributed by atoms with van der Waals surface area (Å²) in [6, 6.07) is 7.77. The van der Waals surface area contributed by atoms with Gasteiger partial charge in [0, 0.05) is 13.1 Å². The van der Waals surface area contributed by atoms with Gasteiger partial charge in [-0.15, -0.1) is 0 Å². The topological polar surface area (TPSA) is 50.4 Å². The first kappa shape index (κ1) is 14.3. The molecule has 0 aliphatic heterocycles. The monoisotopic (exact) mass is 248 g/mol. The van der Waals surface area contributed by atoms with Gasteiger partial charge in [0.05, 0.1) is 6.54 Å². The molecule has 1 amide bonds. The molecule has 4 nitrogen and oxygen atoms in total. The number of amides is 1. The largest absolute Gasteiger partial charge is 0.490 e. The number of benzene rings is 1. The zero-order valence-electron chi connectivity index (χ0n) is 10.7. The van der Waals surface area contributed by atoms with E-state index in [1.165, 1.54) is 0 Å². The van der Waals surface area contributed by atoms with Gasteiger partial charge in [-0.1, -0.05) is 24.8 Å². The van der Waals surface area contributed by atoms with E-state index in [4.69, 9.17) is 4.74 Å². The summed E-state index contributed by atoms with van der Waals surface area (Å²) in [5, 5.41) is 5.81. The van der Waals surface area contributed by atoms with Crippen LogP contribution in [0.4, 0.5) is 0 Å². The summed E-state index contributed by atoms with van der Waals surface area (Å²) in [5.41, 5.74) is 1.12. The van der Waals surface area contributed by atoms with Gasteiger partial charge in [0.2, 0.25) is 5.91 Å². The molecule has 0 saturated heterocycles. The number of carbonyl (C=O) groups excluding carboxylic acids is 1. The minimum Gasteiger partial charge on any atom is -0.490 e. The second-order valence-electron chi connectivity index (χ2n) is 3.80. The number of carbonyl (C=O) groups is 1. The first-order chi connectivity index (χ1) is 8.76. The number of nitrogens with one attached hydrogen (secondary N) is 2. The standard InChI is InChI=1S/C14H20N2O2/c1-3-9-18-13-7-5-12(6-8-13)10-15-11-14(17)16-4-2/h3,5-8,15H,1,4,9-11H2,2H3,(H,16,17). The van der Waals surface area contributed by atoms with Crippen LogP contribution >= 0.6 is 0 Å². The number of rotatable bonds is 8. The van der Waals surface area contributed by atoms with Crippen LogP contribution in [0.15, 0.2) is 36.9 Å². The van der Waals surface area contributed by atoms with Gasteiger partial charge in [-0.3, -0.25) is 4.79 Å². The fourth-order valence-electron chi connectivity index (χ4n) is 1.44. The van der Waals surface area contributed by atoms with Gasteiger partial charge in [-0.25, -0.2) is 0 Å². The summed E-state index contributed by atoms with van der Waals surface area (Å²) < 4.78 is 5.38. The maximum atomic E-state index is 11.2. The second kappa shape index (κ2) is 8.31. The lowest BCUT2D eigenvalue weighted by molar-refractivity contribution is -0.120. The van der Waals surface area contributed by atoms with E-state index < -0.39 is 0 Å². The van der Waals surface area contributed by atoms with Crippen LogP contribution in [0.1, 0.15) is 12.5 Å². The molecule has 0 aliphatic carbocycles. The Bertz CT molecular complexity index is 374. The Balaban J connectivity index is 2.30. The van der Waals surface area contributed by atoms with E-state index in [2.05, 4.69) is 17.2 Å². The third-order valence-corrected chi connectivity index (χ3v) is 2.28. The first-order valence-electron chi connectivity index (χ1n) is 6.06. The van der Waals surface area contributed by atoms with Crippen LogP contribution in [0.5, 0.6) is 5.75 Å². The summed E-state index contributed by atoms with van der Waals surface area (Å²) in [6.07, 6.45) is 1.71. The van der Waals surface area contributed by atoms with Crippen LogP contribution in [0, 0.1) is 0 Å². The molecule has 2 N–H and O–H groups in total. The molecule has 1 aromatic rings. The van der Waals surface area contributed by atoms with Gasteiger partial charge in [-0.2, -0.15) is 0 Å². The number of likely N-dealkylation sites (N-methyl/N-ethyl adjacent to an activating group) is 1. The summed E-state index contributed by atoms with van der Waals surface area (Å²) in [4.78, 5) is 11.2. The molecule has 0 aromatic heterocycles. The van der Waals surface area contributed by atoms with E-state index in [-0.39, 0.29) is 5.91 Å². The molecular formula is C14H20N2O2. The van der Waals surface area contributed by atoms with Crippen molar-refractivity contribution in [3.8, 4) is 5.75 Å². The van der Waals surface area contributed by atoms with E-state index in [0.29, 0.717) is 26.2 Å². The molecule has 0 bridgehead atoms. The van der Waals surface area contributed by atoms with Crippen LogP contribution in [-0.2, 0) is 11.3 Å². The van der Waals surface area contributed by atoms with Gasteiger partial charge < -0.3 is 15.4 Å². The fourth-order valence-corrected chi connectivity index (χ4v) is 1.44.